The number of likely N-dealkylation sites (N-methyl/N-ethyl adjacent to an activating group) is 1. The quantitative estimate of drug-likeness (QED) is 0.642. The minimum absolute atomic E-state index is 0.0800. The van der Waals surface area contributed by atoms with Crippen molar-refractivity contribution in [2.24, 2.45) is 5.41 Å². The van der Waals surface area contributed by atoms with Gasteiger partial charge in [-0.1, -0.05) is 17.7 Å². The number of carboxylic acid groups (broad SMARTS) is 1. The van der Waals surface area contributed by atoms with E-state index in [1.54, 1.807) is 35.4 Å². The Morgan fingerprint density at radius 3 is 2.14 bits per heavy atom. The molecule has 198 valence electrons. The summed E-state index contributed by atoms with van der Waals surface area (Å²) in [6.45, 7) is 6.01. The van der Waals surface area contributed by atoms with Gasteiger partial charge in [-0.15, -0.1) is 0 Å². The molecule has 1 aromatic carbocycles. The number of hydrogen-bond acceptors (Lipinski definition) is 6. The van der Waals surface area contributed by atoms with Crippen LogP contribution < -0.4 is 0 Å². The van der Waals surface area contributed by atoms with Crippen molar-refractivity contribution >= 4 is 21.9 Å². The van der Waals surface area contributed by atoms with E-state index >= 15 is 0 Å². The van der Waals surface area contributed by atoms with Crippen molar-refractivity contribution in [3.63, 3.8) is 0 Å². The highest BCUT2D eigenvalue weighted by molar-refractivity contribution is 7.89. The van der Waals surface area contributed by atoms with Gasteiger partial charge in [-0.3, -0.25) is 9.69 Å². The molecule has 0 aliphatic carbocycles. The predicted molar refractivity (Wildman–Crippen MR) is 121 cm³/mol. The van der Waals surface area contributed by atoms with Gasteiger partial charge in [-0.25, -0.2) is 13.2 Å². The van der Waals surface area contributed by atoms with Gasteiger partial charge in [0.1, 0.15) is 0 Å². The second-order valence-electron chi connectivity index (χ2n) is 9.07. The molecule has 9 nitrogen and oxygen atoms in total. The van der Waals surface area contributed by atoms with Gasteiger partial charge in [0, 0.05) is 45.7 Å². The highest BCUT2D eigenvalue weighted by Crippen LogP contribution is 2.36. The number of halogens is 3. The van der Waals surface area contributed by atoms with E-state index in [0.29, 0.717) is 37.7 Å². The third kappa shape index (κ3) is 8.16. The number of alkyl halides is 3. The second-order valence-corrected chi connectivity index (χ2v) is 11.0. The van der Waals surface area contributed by atoms with Crippen LogP contribution in [-0.2, 0) is 24.3 Å². The van der Waals surface area contributed by atoms with Crippen molar-refractivity contribution < 1.29 is 41.0 Å². The van der Waals surface area contributed by atoms with Gasteiger partial charge in [-0.05, 0) is 31.9 Å². The highest BCUT2D eigenvalue weighted by Gasteiger charge is 2.41. The lowest BCUT2D eigenvalue weighted by Crippen LogP contribution is -2.50. The van der Waals surface area contributed by atoms with Crippen molar-refractivity contribution in [2.75, 3.05) is 60.0 Å². The Balaban J connectivity index is 0.000000540. The molecule has 1 N–H and O–H groups in total. The van der Waals surface area contributed by atoms with Crippen LogP contribution in [0.15, 0.2) is 29.2 Å². The molecule has 0 unspecified atom stereocenters. The molecule has 0 aromatic heterocycles. The minimum Gasteiger partial charge on any atom is -0.475 e. The zero-order valence-electron chi connectivity index (χ0n) is 20.0. The first kappa shape index (κ1) is 29.0. The van der Waals surface area contributed by atoms with E-state index in [1.807, 2.05) is 19.1 Å². The fourth-order valence-corrected chi connectivity index (χ4v) is 5.35. The molecule has 2 aliphatic heterocycles. The molecular formula is C22H32F3N3O6S. The molecule has 1 aromatic rings. The molecule has 0 saturated carbocycles. The summed E-state index contributed by atoms with van der Waals surface area (Å²) in [7, 11) is 0.0606. The average molecular weight is 524 g/mol. The van der Waals surface area contributed by atoms with Crippen LogP contribution in [0.2, 0.25) is 0 Å². The maximum absolute atomic E-state index is 13.0. The first-order valence-electron chi connectivity index (χ1n) is 11.0. The number of aliphatic carboxylic acids is 1. The van der Waals surface area contributed by atoms with Gasteiger partial charge in [0.2, 0.25) is 15.9 Å². The first-order valence-corrected chi connectivity index (χ1v) is 12.5. The standard InChI is InChI=1S/C20H31N3O4S.C2HF3O2/c1-17-4-6-18(7-5-17)28(25,26)23-10-8-20(9-11-23)15-22(12-13-27-16-20)14-19(24)21(2)3;3-2(4,5)1(6)7/h4-7H,8-16H2,1-3H3;(H,6,7). The van der Waals surface area contributed by atoms with Gasteiger partial charge < -0.3 is 14.7 Å². The van der Waals surface area contributed by atoms with E-state index in [4.69, 9.17) is 14.6 Å². The molecule has 0 bridgehead atoms. The van der Waals surface area contributed by atoms with Crippen molar-refractivity contribution in [1.29, 1.82) is 0 Å². The Kier molecular flexibility index (Phi) is 9.68. The van der Waals surface area contributed by atoms with E-state index < -0.39 is 22.2 Å². The van der Waals surface area contributed by atoms with Crippen LogP contribution in [0.25, 0.3) is 0 Å². The predicted octanol–water partition coefficient (Wildman–Crippen LogP) is 1.82. The third-order valence-corrected chi connectivity index (χ3v) is 7.97. The Bertz CT molecular complexity index is 975. The van der Waals surface area contributed by atoms with Crippen LogP contribution in [0, 0.1) is 12.3 Å². The third-order valence-electron chi connectivity index (χ3n) is 6.06. The summed E-state index contributed by atoms with van der Waals surface area (Å²) >= 11 is 0. The van der Waals surface area contributed by atoms with E-state index in [-0.39, 0.29) is 11.3 Å². The van der Waals surface area contributed by atoms with Gasteiger partial charge >= 0.3 is 12.1 Å². The van der Waals surface area contributed by atoms with Crippen LogP contribution in [0.1, 0.15) is 18.4 Å². The molecule has 13 heteroatoms. The Labute approximate surface area is 203 Å². The van der Waals surface area contributed by atoms with Crippen LogP contribution in [0.3, 0.4) is 0 Å². The fourth-order valence-electron chi connectivity index (χ4n) is 3.91. The largest absolute Gasteiger partial charge is 0.490 e. The van der Waals surface area contributed by atoms with E-state index in [9.17, 15) is 26.4 Å². The van der Waals surface area contributed by atoms with E-state index in [0.717, 1.165) is 31.5 Å². The van der Waals surface area contributed by atoms with Gasteiger partial charge in [0.15, 0.2) is 0 Å². The Hall–Kier alpha value is -2.22. The van der Waals surface area contributed by atoms with Gasteiger partial charge in [-0.2, -0.15) is 17.5 Å². The number of benzene rings is 1. The molecule has 0 radical (unpaired) electrons. The molecule has 2 aliphatic rings. The number of hydrogen-bond donors (Lipinski definition) is 1. The number of rotatable bonds is 4. The van der Waals surface area contributed by atoms with Gasteiger partial charge in [0.05, 0.1) is 24.7 Å². The van der Waals surface area contributed by atoms with Crippen LogP contribution in [0.5, 0.6) is 0 Å². The number of sulfonamides is 1. The Morgan fingerprint density at radius 1 is 1.11 bits per heavy atom. The normalized spacial score (nSPS) is 19.4. The number of nitrogens with zero attached hydrogens (tertiary/aromatic N) is 3. The summed E-state index contributed by atoms with van der Waals surface area (Å²) in [5.74, 6) is -2.68. The van der Waals surface area contributed by atoms with E-state index in [1.165, 1.54) is 0 Å². The summed E-state index contributed by atoms with van der Waals surface area (Å²) < 4.78 is 65.1. The first-order chi connectivity index (χ1) is 16.2. The maximum atomic E-state index is 13.0. The zero-order chi connectivity index (χ0) is 26.4. The summed E-state index contributed by atoms with van der Waals surface area (Å²) in [5.41, 5.74) is 0.946. The molecule has 2 saturated heterocycles. The summed E-state index contributed by atoms with van der Waals surface area (Å²) in [4.78, 5) is 25.1. The zero-order valence-corrected chi connectivity index (χ0v) is 20.9. The average Bonchev–Trinajstić information content (AvgIpc) is 2.96. The van der Waals surface area contributed by atoms with Crippen molar-refractivity contribution in [3.05, 3.63) is 29.8 Å². The fraction of sp³-hybridized carbons (Fsp3) is 0.636. The number of amides is 1. The lowest BCUT2D eigenvalue weighted by atomic mass is 9.79. The highest BCUT2D eigenvalue weighted by atomic mass is 32.2. The van der Waals surface area contributed by atoms with Crippen molar-refractivity contribution in [1.82, 2.24) is 14.1 Å². The monoisotopic (exact) mass is 523 g/mol. The van der Waals surface area contributed by atoms with Crippen LogP contribution in [-0.4, -0.2) is 106 Å². The second kappa shape index (κ2) is 11.7. The smallest absolute Gasteiger partial charge is 0.475 e. The number of aryl methyl sites for hydroxylation is 1. The summed E-state index contributed by atoms with van der Waals surface area (Å²) in [5, 5.41) is 7.12. The molecule has 35 heavy (non-hydrogen) atoms. The number of carbonyl (C=O) groups is 2. The summed E-state index contributed by atoms with van der Waals surface area (Å²) in [6.07, 6.45) is -3.60. The maximum Gasteiger partial charge on any atom is 0.490 e. The number of carbonyl (C=O) groups excluding carboxylic acids is 1. The number of piperidine rings is 1. The Morgan fingerprint density at radius 2 is 1.66 bits per heavy atom. The van der Waals surface area contributed by atoms with Crippen molar-refractivity contribution in [3.8, 4) is 0 Å². The molecule has 3 rings (SSSR count). The number of ether oxygens (including phenoxy) is 1. The van der Waals surface area contributed by atoms with Crippen LogP contribution >= 0.6 is 0 Å². The van der Waals surface area contributed by atoms with Crippen LogP contribution in [0.4, 0.5) is 13.2 Å². The molecular weight excluding hydrogens is 491 g/mol. The lowest BCUT2D eigenvalue weighted by Gasteiger charge is -2.42. The molecule has 1 spiro atoms. The molecule has 1 amide bonds. The molecule has 2 fully saturated rings. The lowest BCUT2D eigenvalue weighted by molar-refractivity contribution is -0.192. The number of carboxylic acids is 1. The summed E-state index contributed by atoms with van der Waals surface area (Å²) in [6, 6.07) is 7.02. The molecule has 0 atom stereocenters. The van der Waals surface area contributed by atoms with E-state index in [2.05, 4.69) is 4.90 Å². The minimum atomic E-state index is -5.08. The topological polar surface area (TPSA) is 107 Å². The SMILES string of the molecule is Cc1ccc(S(=O)(=O)N2CCC3(CC2)COCCN(CC(=O)N(C)C)C3)cc1.O=C(O)C(F)(F)F. The van der Waals surface area contributed by atoms with Gasteiger partial charge in [0.25, 0.3) is 0 Å². The van der Waals surface area contributed by atoms with Crippen molar-refractivity contribution in [2.45, 2.75) is 30.8 Å². The molecule has 2 heterocycles.